The second-order valence-corrected chi connectivity index (χ2v) is 13.5. The highest BCUT2D eigenvalue weighted by Crippen LogP contribution is 2.61. The molecule has 0 spiro atoms. The maximum absolute atomic E-state index is 5.67. The van der Waals surface area contributed by atoms with E-state index < -0.39 is 0 Å². The van der Waals surface area contributed by atoms with Crippen molar-refractivity contribution in [2.75, 3.05) is 14.1 Å². The maximum Gasteiger partial charge on any atom is 0.265 e. The van der Waals surface area contributed by atoms with Crippen LogP contribution in [0.2, 0.25) is 11.6 Å². The fraction of sp³-hybridized carbons (Fsp3) is 0.966. The van der Waals surface area contributed by atoms with Crippen LogP contribution in [0.5, 0.6) is 0 Å². The Balaban J connectivity index is 1.38. The van der Waals surface area contributed by atoms with Crippen molar-refractivity contribution in [1.29, 1.82) is 0 Å². The molecule has 0 unspecified atom stereocenters. The number of fused-ring (bicyclic) bond motifs is 4. The zero-order valence-electron chi connectivity index (χ0n) is 21.8. The van der Waals surface area contributed by atoms with Gasteiger partial charge in [0.1, 0.15) is 0 Å². The van der Waals surface area contributed by atoms with Crippen LogP contribution in [0.15, 0.2) is 4.99 Å². The van der Waals surface area contributed by atoms with E-state index in [1.165, 1.54) is 109 Å². The predicted octanol–water partition coefficient (Wildman–Crippen LogP) is 7.24. The molecule has 184 valence electrons. The summed E-state index contributed by atoms with van der Waals surface area (Å²) in [6, 6.07) is 1.31. The van der Waals surface area contributed by atoms with E-state index in [9.17, 15) is 0 Å². The molecule has 6 fully saturated rings. The maximum atomic E-state index is 5.67. The molecule has 33 heavy (non-hydrogen) atoms. The average Bonchev–Trinajstić information content (AvgIpc) is 3.65. The quantitative estimate of drug-likeness (QED) is 0.249. The number of hydrogen-bond donors (Lipinski definition) is 0. The first-order valence-corrected chi connectivity index (χ1v) is 15.2. The summed E-state index contributed by atoms with van der Waals surface area (Å²) in [5, 5.41) is 0. The second-order valence-electron chi connectivity index (χ2n) is 13.5. The van der Waals surface area contributed by atoms with E-state index in [0.29, 0.717) is 6.04 Å². The first-order valence-electron chi connectivity index (χ1n) is 15.2. The predicted molar refractivity (Wildman–Crippen MR) is 141 cm³/mol. The Morgan fingerprint density at radius 1 is 0.636 bits per heavy atom. The van der Waals surface area contributed by atoms with Crippen molar-refractivity contribution in [2.24, 2.45) is 28.7 Å². The van der Waals surface area contributed by atoms with Gasteiger partial charge < -0.3 is 9.71 Å². The lowest BCUT2D eigenvalue weighted by Gasteiger charge is -2.49. The Morgan fingerprint density at radius 3 is 1.64 bits per heavy atom. The largest absolute Gasteiger partial charge is 0.383 e. The van der Waals surface area contributed by atoms with Gasteiger partial charge in [0.15, 0.2) is 5.96 Å². The van der Waals surface area contributed by atoms with Gasteiger partial charge in [0, 0.05) is 20.1 Å². The molecule has 6 rings (SSSR count). The number of aliphatic imine (C=N–C) groups is 1. The zero-order chi connectivity index (χ0) is 22.4. The van der Waals surface area contributed by atoms with Gasteiger partial charge in [0.2, 0.25) is 0 Å². The molecule has 6 aliphatic carbocycles. The summed E-state index contributed by atoms with van der Waals surface area (Å²) < 4.78 is 0. The summed E-state index contributed by atoms with van der Waals surface area (Å²) >= 11 is 0. The SMILES string of the molecule is CN(C)C(=NC1CCCCC1)N(B([C@@H]1C[C@H]2CC[C@@H]1C2)[C@@H]1C[C@H]2CC[C@@H]1C2)C1CCCCC1. The van der Waals surface area contributed by atoms with Crippen LogP contribution in [0.4, 0.5) is 0 Å². The van der Waals surface area contributed by atoms with Gasteiger partial charge in [-0.15, -0.1) is 0 Å². The van der Waals surface area contributed by atoms with E-state index in [2.05, 4.69) is 23.8 Å². The van der Waals surface area contributed by atoms with Crippen molar-refractivity contribution in [2.45, 2.75) is 139 Å². The van der Waals surface area contributed by atoms with Gasteiger partial charge >= 0.3 is 0 Å². The Kier molecular flexibility index (Phi) is 6.74. The van der Waals surface area contributed by atoms with Gasteiger partial charge in [-0.1, -0.05) is 77.0 Å². The minimum Gasteiger partial charge on any atom is -0.383 e. The number of rotatable bonds is 5. The highest BCUT2D eigenvalue weighted by atomic mass is 15.3. The minimum absolute atomic E-state index is 0.572. The normalized spacial score (nSPS) is 39.4. The molecule has 0 heterocycles. The van der Waals surface area contributed by atoms with E-state index >= 15 is 0 Å². The molecule has 6 saturated carbocycles. The van der Waals surface area contributed by atoms with Crippen LogP contribution in [0, 0.1) is 23.7 Å². The molecule has 0 saturated heterocycles. The minimum atomic E-state index is 0.572. The van der Waals surface area contributed by atoms with E-state index in [-0.39, 0.29) is 0 Å². The molecule has 0 aliphatic heterocycles. The highest BCUT2D eigenvalue weighted by Gasteiger charge is 2.56. The fourth-order valence-electron chi connectivity index (χ4n) is 9.84. The smallest absolute Gasteiger partial charge is 0.265 e. The average molecular weight is 452 g/mol. The molecule has 6 atom stereocenters. The lowest BCUT2D eigenvalue weighted by atomic mass is 9.36. The highest BCUT2D eigenvalue weighted by molar-refractivity contribution is 6.62. The Morgan fingerprint density at radius 2 is 1.18 bits per heavy atom. The topological polar surface area (TPSA) is 18.8 Å². The van der Waals surface area contributed by atoms with Crippen LogP contribution in [0.25, 0.3) is 0 Å². The number of nitrogens with zero attached hydrogens (tertiary/aromatic N) is 3. The summed E-state index contributed by atoms with van der Waals surface area (Å²) in [6.07, 6.45) is 26.3. The van der Waals surface area contributed by atoms with Crippen molar-refractivity contribution < 1.29 is 0 Å². The van der Waals surface area contributed by atoms with Crippen molar-refractivity contribution in [3.63, 3.8) is 0 Å². The summed E-state index contributed by atoms with van der Waals surface area (Å²) in [6.45, 7) is 0.781. The van der Waals surface area contributed by atoms with Crippen LogP contribution in [0.1, 0.15) is 116 Å². The molecule has 0 aromatic carbocycles. The Hall–Kier alpha value is -0.665. The molecule has 0 aromatic heterocycles. The third-order valence-electron chi connectivity index (χ3n) is 11.3. The van der Waals surface area contributed by atoms with E-state index in [1.54, 1.807) is 12.8 Å². The molecular formula is C29H50BN3. The van der Waals surface area contributed by atoms with E-state index in [1.807, 2.05) is 0 Å². The van der Waals surface area contributed by atoms with Crippen LogP contribution in [-0.4, -0.2) is 48.7 Å². The van der Waals surface area contributed by atoms with Crippen LogP contribution in [0.3, 0.4) is 0 Å². The zero-order valence-corrected chi connectivity index (χ0v) is 21.8. The summed E-state index contributed by atoms with van der Waals surface area (Å²) in [4.78, 5) is 11.2. The molecular weight excluding hydrogens is 401 g/mol. The second kappa shape index (κ2) is 9.77. The van der Waals surface area contributed by atoms with Crippen molar-refractivity contribution >= 4 is 12.8 Å². The van der Waals surface area contributed by atoms with E-state index in [4.69, 9.17) is 4.99 Å². The van der Waals surface area contributed by atoms with Crippen LogP contribution < -0.4 is 0 Å². The van der Waals surface area contributed by atoms with Gasteiger partial charge in [0.25, 0.3) is 6.85 Å². The standard InChI is InChI=1S/C29H50BN3/c1-32(2)29(31-25-9-5-3-6-10-25)33(26-11-7-4-8-12-26)30(27-19-21-13-15-23(27)17-21)28-20-22-14-16-24(28)18-22/h21-28H,3-20H2,1-2H3/t21-,22-,23+,24+,27+,28+/m0/s1. The molecule has 4 bridgehead atoms. The van der Waals surface area contributed by atoms with Crippen molar-refractivity contribution in [1.82, 2.24) is 9.71 Å². The fourth-order valence-corrected chi connectivity index (χ4v) is 9.84. The summed E-state index contributed by atoms with van der Waals surface area (Å²) in [5.74, 6) is 7.44. The molecule has 0 radical (unpaired) electrons. The molecule has 0 N–H and O–H groups in total. The number of hydrogen-bond acceptors (Lipinski definition) is 1. The van der Waals surface area contributed by atoms with Gasteiger partial charge in [-0.3, -0.25) is 4.99 Å². The van der Waals surface area contributed by atoms with Crippen LogP contribution >= 0.6 is 0 Å². The van der Waals surface area contributed by atoms with Gasteiger partial charge in [-0.25, -0.2) is 0 Å². The Labute approximate surface area is 204 Å². The van der Waals surface area contributed by atoms with Gasteiger partial charge in [-0.2, -0.15) is 0 Å². The summed E-state index contributed by atoms with van der Waals surface area (Å²) in [7, 11) is 4.63. The summed E-state index contributed by atoms with van der Waals surface area (Å²) in [5.41, 5.74) is 0. The molecule has 0 amide bonds. The third-order valence-corrected chi connectivity index (χ3v) is 11.3. The van der Waals surface area contributed by atoms with E-state index in [0.717, 1.165) is 48.2 Å². The van der Waals surface area contributed by atoms with Gasteiger partial charge in [0.05, 0.1) is 6.04 Å². The lowest BCUT2D eigenvalue weighted by molar-refractivity contribution is 0.284. The first-order chi connectivity index (χ1) is 16.2. The Bertz CT molecular complexity index is 667. The number of guanidine groups is 1. The first kappa shape index (κ1) is 22.8. The van der Waals surface area contributed by atoms with Crippen molar-refractivity contribution in [3.05, 3.63) is 0 Å². The molecule has 4 heteroatoms. The van der Waals surface area contributed by atoms with Crippen molar-refractivity contribution in [3.8, 4) is 0 Å². The molecule has 0 aromatic rings. The lowest BCUT2D eigenvalue weighted by Crippen LogP contribution is -2.59. The monoisotopic (exact) mass is 451 g/mol. The van der Waals surface area contributed by atoms with Crippen LogP contribution in [-0.2, 0) is 0 Å². The molecule has 3 nitrogen and oxygen atoms in total. The van der Waals surface area contributed by atoms with Gasteiger partial charge in [-0.05, 0) is 73.8 Å². The third kappa shape index (κ3) is 4.51. The molecule has 6 aliphatic rings.